The van der Waals surface area contributed by atoms with Gasteiger partial charge in [-0.2, -0.15) is 0 Å². The van der Waals surface area contributed by atoms with E-state index in [1.807, 2.05) is 0 Å². The molecule has 3 N–H and O–H groups in total. The highest BCUT2D eigenvalue weighted by Gasteiger charge is 2.34. The number of aliphatic hydroxyl groups is 1. The van der Waals surface area contributed by atoms with Crippen molar-refractivity contribution in [2.24, 2.45) is 10.4 Å². The molecule has 1 aliphatic heterocycles. The van der Waals surface area contributed by atoms with Crippen molar-refractivity contribution in [1.29, 1.82) is 0 Å². The van der Waals surface area contributed by atoms with Gasteiger partial charge in [0.15, 0.2) is 5.96 Å². The van der Waals surface area contributed by atoms with Gasteiger partial charge in [0.1, 0.15) is 0 Å². The Balaban J connectivity index is 0.00000312. The van der Waals surface area contributed by atoms with Crippen LogP contribution in [-0.4, -0.2) is 49.4 Å². The third-order valence-corrected chi connectivity index (χ3v) is 4.32. The van der Waals surface area contributed by atoms with Crippen molar-refractivity contribution >= 4 is 35.6 Å². The van der Waals surface area contributed by atoms with Crippen LogP contribution < -0.4 is 10.6 Å². The fraction of sp³-hybridized carbons (Fsp3) is 0.562. The minimum absolute atomic E-state index is 0. The molecule has 0 aliphatic carbocycles. The largest absolute Gasteiger partial charge is 0.396 e. The number of halogens is 1. The number of benzene rings is 1. The number of hydrogen-bond donors (Lipinski definition) is 3. The Morgan fingerprint density at radius 3 is 2.80 bits per heavy atom. The lowest BCUT2D eigenvalue weighted by molar-refractivity contribution is -0.385. The van der Waals surface area contributed by atoms with Crippen LogP contribution in [0.2, 0.25) is 0 Å². The summed E-state index contributed by atoms with van der Waals surface area (Å²) in [5, 5.41) is 26.6. The molecule has 1 aromatic rings. The molecule has 1 aliphatic rings. The number of para-hydroxylation sites is 1. The fourth-order valence-electron chi connectivity index (χ4n) is 2.82. The molecule has 0 saturated carbocycles. The number of nitrogens with zero attached hydrogens (tertiary/aromatic N) is 2. The lowest BCUT2D eigenvalue weighted by Gasteiger charge is -2.27. The predicted octanol–water partition coefficient (Wildman–Crippen LogP) is 1.67. The molecule has 0 bridgehead atoms. The van der Waals surface area contributed by atoms with Gasteiger partial charge >= 0.3 is 0 Å². The molecule has 1 heterocycles. The Morgan fingerprint density at radius 2 is 2.20 bits per heavy atom. The maximum Gasteiger partial charge on any atom is 0.274 e. The van der Waals surface area contributed by atoms with Gasteiger partial charge in [-0.15, -0.1) is 24.0 Å². The van der Waals surface area contributed by atoms with Crippen LogP contribution in [0.25, 0.3) is 0 Å². The van der Waals surface area contributed by atoms with Crippen LogP contribution in [0.1, 0.15) is 18.4 Å². The fourth-order valence-corrected chi connectivity index (χ4v) is 2.82. The summed E-state index contributed by atoms with van der Waals surface area (Å²) >= 11 is 0. The van der Waals surface area contributed by atoms with Gasteiger partial charge in [-0.1, -0.05) is 18.2 Å². The quantitative estimate of drug-likeness (QED) is 0.186. The standard InChI is InChI=1S/C16H24N4O4.HI/c1-17-15(19-11-16(6-8-21)7-9-24-12-16)18-10-13-4-2-3-5-14(13)20(22)23;/h2-5,21H,6-12H2,1H3,(H2,17,18,19);1H. The molecule has 1 unspecified atom stereocenters. The van der Waals surface area contributed by atoms with Crippen LogP contribution in [0.5, 0.6) is 0 Å². The third-order valence-electron chi connectivity index (χ3n) is 4.32. The van der Waals surface area contributed by atoms with Crippen molar-refractivity contribution in [2.45, 2.75) is 19.4 Å². The molecule has 1 atom stereocenters. The summed E-state index contributed by atoms with van der Waals surface area (Å²) in [5.74, 6) is 0.567. The molecule has 25 heavy (non-hydrogen) atoms. The summed E-state index contributed by atoms with van der Waals surface area (Å²) in [6, 6.07) is 6.62. The molecule has 0 spiro atoms. The lowest BCUT2D eigenvalue weighted by Crippen LogP contribution is -2.44. The molecule has 2 rings (SSSR count). The monoisotopic (exact) mass is 464 g/mol. The van der Waals surface area contributed by atoms with E-state index < -0.39 is 0 Å². The maximum atomic E-state index is 11.0. The molecule has 1 saturated heterocycles. The number of nitro groups is 1. The van der Waals surface area contributed by atoms with Gasteiger partial charge in [0, 0.05) is 50.4 Å². The predicted molar refractivity (Wildman–Crippen MR) is 106 cm³/mol. The van der Waals surface area contributed by atoms with Crippen molar-refractivity contribution in [3.05, 3.63) is 39.9 Å². The van der Waals surface area contributed by atoms with Crippen molar-refractivity contribution in [3.8, 4) is 0 Å². The summed E-state index contributed by atoms with van der Waals surface area (Å²) < 4.78 is 5.46. The first kappa shape index (κ1) is 21.6. The van der Waals surface area contributed by atoms with E-state index in [1.165, 1.54) is 6.07 Å². The van der Waals surface area contributed by atoms with E-state index in [1.54, 1.807) is 25.2 Å². The topological polar surface area (TPSA) is 109 Å². The molecule has 8 nitrogen and oxygen atoms in total. The molecule has 1 aromatic carbocycles. The Hall–Kier alpha value is -1.46. The van der Waals surface area contributed by atoms with Gasteiger partial charge in [0.2, 0.25) is 0 Å². The highest BCUT2D eigenvalue weighted by Crippen LogP contribution is 2.31. The first-order valence-corrected chi connectivity index (χ1v) is 7.96. The molecule has 1 fully saturated rings. The van der Waals surface area contributed by atoms with Gasteiger partial charge in [0.25, 0.3) is 5.69 Å². The normalized spacial score (nSPS) is 20.0. The number of guanidine groups is 1. The number of aliphatic hydroxyl groups excluding tert-OH is 1. The van der Waals surface area contributed by atoms with Gasteiger partial charge in [-0.3, -0.25) is 15.1 Å². The van der Waals surface area contributed by atoms with Crippen molar-refractivity contribution in [3.63, 3.8) is 0 Å². The number of nitrogens with one attached hydrogen (secondary N) is 2. The van der Waals surface area contributed by atoms with E-state index in [9.17, 15) is 15.2 Å². The summed E-state index contributed by atoms with van der Waals surface area (Å²) in [7, 11) is 1.65. The van der Waals surface area contributed by atoms with E-state index in [2.05, 4.69) is 15.6 Å². The van der Waals surface area contributed by atoms with Crippen LogP contribution >= 0.6 is 24.0 Å². The highest BCUT2D eigenvalue weighted by atomic mass is 127. The van der Waals surface area contributed by atoms with E-state index in [0.29, 0.717) is 44.2 Å². The zero-order chi connectivity index (χ0) is 17.4. The first-order valence-electron chi connectivity index (χ1n) is 7.96. The minimum Gasteiger partial charge on any atom is -0.396 e. The van der Waals surface area contributed by atoms with Crippen LogP contribution in [0.4, 0.5) is 5.69 Å². The third kappa shape index (κ3) is 6.08. The van der Waals surface area contributed by atoms with Crippen molar-refractivity contribution in [1.82, 2.24) is 10.6 Å². The average molecular weight is 464 g/mol. The minimum atomic E-state index is -0.390. The summed E-state index contributed by atoms with van der Waals surface area (Å²) in [6.45, 7) is 2.36. The van der Waals surface area contributed by atoms with Crippen LogP contribution in [-0.2, 0) is 11.3 Å². The second-order valence-electron chi connectivity index (χ2n) is 5.94. The first-order chi connectivity index (χ1) is 11.6. The summed E-state index contributed by atoms with van der Waals surface area (Å²) in [5.41, 5.74) is 0.589. The van der Waals surface area contributed by atoms with Crippen molar-refractivity contribution < 1.29 is 14.8 Å². The molecule has 0 radical (unpaired) electrons. The SMILES string of the molecule is CN=C(NCc1ccccc1[N+](=O)[O-])NCC1(CCO)CCOC1.I. The van der Waals surface area contributed by atoms with E-state index in [4.69, 9.17) is 4.74 Å². The van der Waals surface area contributed by atoms with Crippen LogP contribution in [0, 0.1) is 15.5 Å². The average Bonchev–Trinajstić information content (AvgIpc) is 3.04. The molecule has 0 aromatic heterocycles. The van der Waals surface area contributed by atoms with Gasteiger partial charge in [0.05, 0.1) is 11.5 Å². The number of aliphatic imine (C=N–C) groups is 1. The number of rotatable bonds is 7. The summed E-state index contributed by atoms with van der Waals surface area (Å²) in [6.07, 6.45) is 1.56. The smallest absolute Gasteiger partial charge is 0.274 e. The molecule has 9 heteroatoms. The number of nitro benzene ring substituents is 1. The van der Waals surface area contributed by atoms with Gasteiger partial charge in [-0.25, -0.2) is 0 Å². The Morgan fingerprint density at radius 1 is 1.44 bits per heavy atom. The zero-order valence-corrected chi connectivity index (χ0v) is 16.6. The molecular formula is C16H25IN4O4. The zero-order valence-electron chi connectivity index (χ0n) is 14.2. The summed E-state index contributed by atoms with van der Waals surface area (Å²) in [4.78, 5) is 14.8. The second kappa shape index (κ2) is 10.5. The second-order valence-corrected chi connectivity index (χ2v) is 5.94. The van der Waals surface area contributed by atoms with Crippen LogP contribution in [0.3, 0.4) is 0 Å². The van der Waals surface area contributed by atoms with Crippen molar-refractivity contribution in [2.75, 3.05) is 33.4 Å². The van der Waals surface area contributed by atoms with Crippen LogP contribution in [0.15, 0.2) is 29.3 Å². The Bertz CT molecular complexity index is 591. The Kier molecular flexibility index (Phi) is 9.08. The van der Waals surface area contributed by atoms with E-state index >= 15 is 0 Å². The van der Waals surface area contributed by atoms with Gasteiger partial charge in [-0.05, 0) is 12.8 Å². The molecule has 140 valence electrons. The molecule has 0 amide bonds. The maximum absolute atomic E-state index is 11.0. The molecular weight excluding hydrogens is 439 g/mol. The number of ether oxygens (including phenoxy) is 1. The van der Waals surface area contributed by atoms with E-state index in [0.717, 1.165) is 6.42 Å². The number of hydrogen-bond acceptors (Lipinski definition) is 5. The lowest BCUT2D eigenvalue weighted by atomic mass is 9.84. The highest BCUT2D eigenvalue weighted by molar-refractivity contribution is 14.0. The Labute approximate surface area is 164 Å². The van der Waals surface area contributed by atoms with Gasteiger partial charge < -0.3 is 20.5 Å². The van der Waals surface area contributed by atoms with E-state index in [-0.39, 0.29) is 46.6 Å².